The maximum atomic E-state index is 2.54. The number of para-hydroxylation sites is 2. The van der Waals surface area contributed by atoms with Crippen molar-refractivity contribution in [3.8, 4) is 16.8 Å². The Bertz CT molecular complexity index is 2590. The molecular formula is C47H36N2. The fraction of sp³-hybridized carbons (Fsp3) is 0.149. The van der Waals surface area contributed by atoms with Crippen LogP contribution in [0.25, 0.3) is 49.4 Å². The molecule has 3 aliphatic carbocycles. The zero-order chi connectivity index (χ0) is 32.1. The third kappa shape index (κ3) is 3.77. The zero-order valence-corrected chi connectivity index (χ0v) is 27.4. The SMILES string of the molecule is c1ccc(-n2c3ccccc3c3ccc(N(c4ccc5ccccc5c4)c4cccc5c4-c4ccccc4C54CC5CCC4C5)cc32)cc1. The Kier molecular flexibility index (Phi) is 5.70. The maximum absolute atomic E-state index is 2.54. The summed E-state index contributed by atoms with van der Waals surface area (Å²) in [6.07, 6.45) is 5.39. The first-order valence-electron chi connectivity index (χ1n) is 17.9. The van der Waals surface area contributed by atoms with Gasteiger partial charge in [-0.3, -0.25) is 0 Å². The summed E-state index contributed by atoms with van der Waals surface area (Å²) in [7, 11) is 0. The summed E-state index contributed by atoms with van der Waals surface area (Å²) in [5.41, 5.74) is 13.3. The summed E-state index contributed by atoms with van der Waals surface area (Å²) < 4.78 is 2.43. The normalized spacial score (nSPS) is 20.4. The van der Waals surface area contributed by atoms with Gasteiger partial charge in [0.25, 0.3) is 0 Å². The molecule has 3 unspecified atom stereocenters. The molecule has 234 valence electrons. The number of hydrogen-bond acceptors (Lipinski definition) is 1. The van der Waals surface area contributed by atoms with Gasteiger partial charge in [0.2, 0.25) is 0 Å². The van der Waals surface area contributed by atoms with Crippen LogP contribution in [0.4, 0.5) is 17.1 Å². The molecule has 2 bridgehead atoms. The number of aromatic nitrogens is 1. The lowest BCUT2D eigenvalue weighted by atomic mass is 9.67. The van der Waals surface area contributed by atoms with Crippen LogP contribution in [-0.2, 0) is 5.41 Å². The minimum absolute atomic E-state index is 0.129. The molecule has 2 fully saturated rings. The van der Waals surface area contributed by atoms with Crippen molar-refractivity contribution in [1.29, 1.82) is 0 Å². The van der Waals surface area contributed by atoms with Crippen molar-refractivity contribution < 1.29 is 0 Å². The van der Waals surface area contributed by atoms with Crippen molar-refractivity contribution in [3.63, 3.8) is 0 Å². The number of nitrogens with zero attached hydrogens (tertiary/aromatic N) is 2. The Morgan fingerprint density at radius 3 is 2.16 bits per heavy atom. The van der Waals surface area contributed by atoms with E-state index in [0.29, 0.717) is 0 Å². The van der Waals surface area contributed by atoms with E-state index in [9.17, 15) is 0 Å². The van der Waals surface area contributed by atoms with Crippen LogP contribution < -0.4 is 4.90 Å². The molecule has 2 heteroatoms. The highest BCUT2D eigenvalue weighted by atomic mass is 15.1. The van der Waals surface area contributed by atoms with Crippen LogP contribution in [0, 0.1) is 11.8 Å². The second-order valence-corrected chi connectivity index (χ2v) is 14.6. The van der Waals surface area contributed by atoms with E-state index in [4.69, 9.17) is 0 Å². The first-order chi connectivity index (χ1) is 24.3. The van der Waals surface area contributed by atoms with Crippen LogP contribution in [0.15, 0.2) is 158 Å². The first kappa shape index (κ1) is 27.4. The van der Waals surface area contributed by atoms with E-state index in [1.54, 1.807) is 11.1 Å². The average molecular weight is 629 g/mol. The van der Waals surface area contributed by atoms with E-state index in [-0.39, 0.29) is 5.41 Å². The minimum Gasteiger partial charge on any atom is -0.310 e. The molecule has 3 atom stereocenters. The fourth-order valence-corrected chi connectivity index (χ4v) is 10.3. The van der Waals surface area contributed by atoms with Crippen molar-refractivity contribution in [2.75, 3.05) is 4.90 Å². The van der Waals surface area contributed by atoms with Gasteiger partial charge in [0.05, 0.1) is 16.7 Å². The predicted molar refractivity (Wildman–Crippen MR) is 205 cm³/mol. The summed E-state index contributed by atoms with van der Waals surface area (Å²) in [5.74, 6) is 1.56. The number of benzene rings is 7. The Hall–Kier alpha value is -5.60. The second-order valence-electron chi connectivity index (χ2n) is 14.6. The van der Waals surface area contributed by atoms with Gasteiger partial charge in [0.15, 0.2) is 0 Å². The molecule has 1 spiro atoms. The minimum atomic E-state index is 0.129. The highest BCUT2D eigenvalue weighted by Crippen LogP contribution is 2.67. The first-order valence-corrected chi connectivity index (χ1v) is 17.9. The van der Waals surface area contributed by atoms with E-state index in [1.807, 2.05) is 0 Å². The molecule has 11 rings (SSSR count). The highest BCUT2D eigenvalue weighted by molar-refractivity contribution is 6.10. The molecule has 0 aliphatic heterocycles. The smallest absolute Gasteiger partial charge is 0.0561 e. The summed E-state index contributed by atoms with van der Waals surface area (Å²) in [5, 5.41) is 5.06. The van der Waals surface area contributed by atoms with Crippen molar-refractivity contribution in [1.82, 2.24) is 4.57 Å². The van der Waals surface area contributed by atoms with Gasteiger partial charge >= 0.3 is 0 Å². The topological polar surface area (TPSA) is 8.17 Å². The number of hydrogen-bond donors (Lipinski definition) is 0. The van der Waals surface area contributed by atoms with E-state index in [1.165, 1.54) is 92.1 Å². The van der Waals surface area contributed by atoms with Crippen LogP contribution in [0.1, 0.15) is 36.8 Å². The lowest BCUT2D eigenvalue weighted by Gasteiger charge is -2.37. The third-order valence-corrected chi connectivity index (χ3v) is 12.2. The van der Waals surface area contributed by atoms with Gasteiger partial charge in [-0.1, -0.05) is 116 Å². The zero-order valence-electron chi connectivity index (χ0n) is 27.4. The van der Waals surface area contributed by atoms with E-state index in [0.717, 1.165) is 11.8 Å². The van der Waals surface area contributed by atoms with Gasteiger partial charge in [-0.25, -0.2) is 0 Å². The van der Waals surface area contributed by atoms with Crippen molar-refractivity contribution >= 4 is 49.6 Å². The van der Waals surface area contributed by atoms with Gasteiger partial charge < -0.3 is 9.47 Å². The second kappa shape index (κ2) is 10.2. The van der Waals surface area contributed by atoms with Gasteiger partial charge in [0, 0.05) is 38.8 Å². The molecule has 0 radical (unpaired) electrons. The molecular weight excluding hydrogens is 593 g/mol. The molecule has 1 heterocycles. The van der Waals surface area contributed by atoms with Crippen molar-refractivity contribution in [2.24, 2.45) is 11.8 Å². The Morgan fingerprint density at radius 1 is 0.551 bits per heavy atom. The number of fused-ring (bicyclic) bond motifs is 12. The summed E-state index contributed by atoms with van der Waals surface area (Å²) in [4.78, 5) is 2.54. The van der Waals surface area contributed by atoms with Crippen LogP contribution >= 0.6 is 0 Å². The van der Waals surface area contributed by atoms with E-state index in [2.05, 4.69) is 167 Å². The summed E-state index contributed by atoms with van der Waals surface area (Å²) >= 11 is 0. The van der Waals surface area contributed by atoms with Crippen LogP contribution in [-0.4, -0.2) is 4.57 Å². The highest BCUT2D eigenvalue weighted by Gasteiger charge is 2.57. The molecule has 3 aliphatic rings. The summed E-state index contributed by atoms with van der Waals surface area (Å²) in [6, 6.07) is 59.0. The van der Waals surface area contributed by atoms with Crippen LogP contribution in [0.2, 0.25) is 0 Å². The third-order valence-electron chi connectivity index (χ3n) is 12.2. The number of rotatable bonds is 4. The Balaban J connectivity index is 1.21. The largest absolute Gasteiger partial charge is 0.310 e. The standard InChI is InChI=1S/C47H36N2/c1-2-13-35(14-3-1)49-43-19-9-7-15-38(43)39-26-25-37(29-45(39)49)48(36-24-22-32-11-4-5-12-33(32)28-36)44-20-10-18-42-46(44)40-16-6-8-17-41(40)47(42)30-31-21-23-34(47)27-31/h1-20,22,24-26,28-29,31,34H,21,23,27,30H2. The van der Waals surface area contributed by atoms with Crippen molar-refractivity contribution in [3.05, 3.63) is 169 Å². The van der Waals surface area contributed by atoms with Gasteiger partial charge in [0.1, 0.15) is 0 Å². The molecule has 0 saturated heterocycles. The Labute approximate surface area is 286 Å². The molecule has 2 nitrogen and oxygen atoms in total. The van der Waals surface area contributed by atoms with E-state index >= 15 is 0 Å². The lowest BCUT2D eigenvalue weighted by Crippen LogP contribution is -2.31. The Morgan fingerprint density at radius 2 is 1.29 bits per heavy atom. The monoisotopic (exact) mass is 628 g/mol. The summed E-state index contributed by atoms with van der Waals surface area (Å²) in [6.45, 7) is 0. The predicted octanol–water partition coefficient (Wildman–Crippen LogP) is 12.5. The molecule has 0 amide bonds. The van der Waals surface area contributed by atoms with Gasteiger partial charge in [-0.2, -0.15) is 0 Å². The molecule has 1 aromatic heterocycles. The van der Waals surface area contributed by atoms with Gasteiger partial charge in [-0.15, -0.1) is 0 Å². The lowest BCUT2D eigenvalue weighted by molar-refractivity contribution is 0.327. The van der Waals surface area contributed by atoms with Crippen molar-refractivity contribution in [2.45, 2.75) is 31.1 Å². The molecule has 2 saturated carbocycles. The number of anilines is 3. The molecule has 0 N–H and O–H groups in total. The molecule has 8 aromatic rings. The van der Waals surface area contributed by atoms with Crippen LogP contribution in [0.3, 0.4) is 0 Å². The molecule has 49 heavy (non-hydrogen) atoms. The molecule has 7 aromatic carbocycles. The van der Waals surface area contributed by atoms with Gasteiger partial charge in [-0.05, 0) is 107 Å². The average Bonchev–Trinajstić information content (AvgIpc) is 3.93. The van der Waals surface area contributed by atoms with E-state index < -0.39 is 0 Å². The fourth-order valence-electron chi connectivity index (χ4n) is 10.3. The van der Waals surface area contributed by atoms with Crippen LogP contribution in [0.5, 0.6) is 0 Å². The quantitative estimate of drug-likeness (QED) is 0.188. The maximum Gasteiger partial charge on any atom is 0.0561 e.